The predicted molar refractivity (Wildman–Crippen MR) is 84.4 cm³/mol. The molecule has 4 nitrogen and oxygen atoms in total. The van der Waals surface area contributed by atoms with Gasteiger partial charge >= 0.3 is 5.97 Å². The number of hydrogen-bond donors (Lipinski definition) is 0. The molecule has 1 aromatic rings. The molecule has 0 aliphatic heterocycles. The third kappa shape index (κ3) is 5.78. The number of rotatable bonds is 6. The van der Waals surface area contributed by atoms with Gasteiger partial charge in [-0.2, -0.15) is 0 Å². The largest absolute Gasteiger partial charge is 0.469 e. The van der Waals surface area contributed by atoms with Gasteiger partial charge in [-0.05, 0) is 30.7 Å². The summed E-state index contributed by atoms with van der Waals surface area (Å²) in [6.07, 6.45) is 3.23. The fraction of sp³-hybridized carbons (Fsp3) is 0.333. The van der Waals surface area contributed by atoms with Gasteiger partial charge in [0.05, 0.1) is 13.5 Å². The first-order chi connectivity index (χ1) is 9.97. The summed E-state index contributed by atoms with van der Waals surface area (Å²) >= 11 is 11.8. The van der Waals surface area contributed by atoms with Crippen molar-refractivity contribution in [1.29, 1.82) is 0 Å². The van der Waals surface area contributed by atoms with Crippen LogP contribution in [0.3, 0.4) is 0 Å². The predicted octanol–water partition coefficient (Wildman–Crippen LogP) is 3.42. The smallest absolute Gasteiger partial charge is 0.307 e. The van der Waals surface area contributed by atoms with Crippen molar-refractivity contribution in [2.45, 2.75) is 13.3 Å². The number of carbonyl (C=O) groups is 2. The van der Waals surface area contributed by atoms with Crippen LogP contribution in [0.1, 0.15) is 18.9 Å². The van der Waals surface area contributed by atoms with Crippen LogP contribution in [0, 0.1) is 0 Å². The number of benzene rings is 1. The minimum Gasteiger partial charge on any atom is -0.469 e. The van der Waals surface area contributed by atoms with Gasteiger partial charge < -0.3 is 9.64 Å². The number of likely N-dealkylation sites (N-methyl/N-ethyl adjacent to an activating group) is 1. The molecule has 1 aromatic carbocycles. The van der Waals surface area contributed by atoms with Gasteiger partial charge in [0.25, 0.3) is 0 Å². The molecular formula is C15H17Cl2NO3. The Labute approximate surface area is 134 Å². The Morgan fingerprint density at radius 1 is 1.33 bits per heavy atom. The van der Waals surface area contributed by atoms with Gasteiger partial charge in [0.15, 0.2) is 0 Å². The van der Waals surface area contributed by atoms with E-state index in [-0.39, 0.29) is 18.3 Å². The molecule has 0 radical (unpaired) electrons. The van der Waals surface area contributed by atoms with Crippen LogP contribution in [-0.4, -0.2) is 37.0 Å². The fourth-order valence-corrected chi connectivity index (χ4v) is 2.13. The number of halogens is 2. The van der Waals surface area contributed by atoms with E-state index in [1.807, 2.05) is 6.92 Å². The van der Waals surface area contributed by atoms with Gasteiger partial charge in [-0.15, -0.1) is 0 Å². The molecule has 1 amide bonds. The van der Waals surface area contributed by atoms with Gasteiger partial charge in [0.1, 0.15) is 0 Å². The maximum atomic E-state index is 12.0. The second kappa shape index (κ2) is 8.70. The lowest BCUT2D eigenvalue weighted by molar-refractivity contribution is -0.141. The summed E-state index contributed by atoms with van der Waals surface area (Å²) in [5.74, 6) is -0.529. The number of nitrogens with zero attached hydrogens (tertiary/aromatic N) is 1. The number of carbonyl (C=O) groups excluding carboxylic acids is 2. The van der Waals surface area contributed by atoms with E-state index >= 15 is 0 Å². The van der Waals surface area contributed by atoms with Crippen molar-refractivity contribution in [1.82, 2.24) is 4.90 Å². The Hall–Kier alpha value is -1.52. The van der Waals surface area contributed by atoms with Crippen molar-refractivity contribution in [3.05, 3.63) is 39.9 Å². The molecule has 114 valence electrons. The molecule has 0 saturated heterocycles. The third-order valence-electron chi connectivity index (χ3n) is 2.87. The molecule has 6 heteroatoms. The Morgan fingerprint density at radius 3 is 2.62 bits per heavy atom. The Bertz CT molecular complexity index is 544. The highest BCUT2D eigenvalue weighted by atomic mass is 35.5. The Morgan fingerprint density at radius 2 is 2.05 bits per heavy atom. The number of hydrogen-bond acceptors (Lipinski definition) is 3. The summed E-state index contributed by atoms with van der Waals surface area (Å²) in [5.41, 5.74) is 0.707. The van der Waals surface area contributed by atoms with E-state index in [4.69, 9.17) is 23.2 Å². The highest BCUT2D eigenvalue weighted by Gasteiger charge is 2.11. The number of amides is 1. The fourth-order valence-electron chi connectivity index (χ4n) is 1.66. The van der Waals surface area contributed by atoms with E-state index < -0.39 is 0 Å². The van der Waals surface area contributed by atoms with Crippen molar-refractivity contribution in [2.75, 3.05) is 20.2 Å². The van der Waals surface area contributed by atoms with Crippen LogP contribution < -0.4 is 0 Å². The number of methoxy groups -OCH3 is 1. The molecule has 0 atom stereocenters. The summed E-state index contributed by atoms with van der Waals surface area (Å²) in [6, 6.07) is 5.05. The van der Waals surface area contributed by atoms with E-state index in [0.29, 0.717) is 28.7 Å². The lowest BCUT2D eigenvalue weighted by atomic mass is 10.2. The first kappa shape index (κ1) is 17.5. The van der Waals surface area contributed by atoms with Gasteiger partial charge in [0.2, 0.25) is 5.91 Å². The van der Waals surface area contributed by atoms with Crippen LogP contribution in [0.5, 0.6) is 0 Å². The molecule has 0 N–H and O–H groups in total. The van der Waals surface area contributed by atoms with E-state index in [2.05, 4.69) is 4.74 Å². The van der Waals surface area contributed by atoms with Crippen molar-refractivity contribution in [3.8, 4) is 0 Å². The quantitative estimate of drug-likeness (QED) is 0.593. The first-order valence-corrected chi connectivity index (χ1v) is 7.22. The second-order valence-corrected chi connectivity index (χ2v) is 5.09. The first-order valence-electron chi connectivity index (χ1n) is 6.46. The van der Waals surface area contributed by atoms with E-state index in [0.717, 1.165) is 0 Å². The zero-order chi connectivity index (χ0) is 15.8. The standard InChI is InChI=1S/C15H17Cl2NO3/c1-3-18(9-8-15(20)21-2)14(19)7-5-11-4-6-12(16)10-13(11)17/h4-7,10H,3,8-9H2,1-2H3/b7-5+. The maximum absolute atomic E-state index is 12.0. The summed E-state index contributed by atoms with van der Waals surface area (Å²) in [5, 5.41) is 1.01. The topological polar surface area (TPSA) is 46.6 Å². The van der Waals surface area contributed by atoms with Gasteiger partial charge in [-0.25, -0.2) is 0 Å². The molecule has 0 unspecified atom stereocenters. The highest BCUT2D eigenvalue weighted by Crippen LogP contribution is 2.22. The zero-order valence-corrected chi connectivity index (χ0v) is 13.4. The lowest BCUT2D eigenvalue weighted by Gasteiger charge is -2.18. The van der Waals surface area contributed by atoms with Gasteiger partial charge in [-0.1, -0.05) is 29.3 Å². The van der Waals surface area contributed by atoms with Crippen molar-refractivity contribution < 1.29 is 14.3 Å². The summed E-state index contributed by atoms with van der Waals surface area (Å²) in [7, 11) is 1.32. The van der Waals surface area contributed by atoms with Crippen molar-refractivity contribution in [3.63, 3.8) is 0 Å². The van der Waals surface area contributed by atoms with Crippen LogP contribution in [0.2, 0.25) is 10.0 Å². The van der Waals surface area contributed by atoms with Crippen LogP contribution in [0.15, 0.2) is 24.3 Å². The van der Waals surface area contributed by atoms with Gasteiger partial charge in [0, 0.05) is 29.2 Å². The van der Waals surface area contributed by atoms with Crippen LogP contribution in [0.4, 0.5) is 0 Å². The molecule has 0 spiro atoms. The van der Waals surface area contributed by atoms with Crippen molar-refractivity contribution >= 4 is 41.2 Å². The average Bonchev–Trinajstić information content (AvgIpc) is 2.46. The Kier molecular flexibility index (Phi) is 7.26. The molecule has 0 aromatic heterocycles. The average molecular weight is 330 g/mol. The molecule has 0 bridgehead atoms. The van der Waals surface area contributed by atoms with E-state index in [1.54, 1.807) is 29.2 Å². The Balaban J connectivity index is 2.68. The van der Waals surface area contributed by atoms with E-state index in [9.17, 15) is 9.59 Å². The summed E-state index contributed by atoms with van der Waals surface area (Å²) in [6.45, 7) is 2.67. The molecule has 21 heavy (non-hydrogen) atoms. The van der Waals surface area contributed by atoms with Crippen molar-refractivity contribution in [2.24, 2.45) is 0 Å². The van der Waals surface area contributed by atoms with Gasteiger partial charge in [-0.3, -0.25) is 9.59 Å². The molecule has 0 heterocycles. The van der Waals surface area contributed by atoms with Crippen LogP contribution in [-0.2, 0) is 14.3 Å². The minimum absolute atomic E-state index is 0.172. The second-order valence-electron chi connectivity index (χ2n) is 4.24. The minimum atomic E-state index is -0.342. The summed E-state index contributed by atoms with van der Waals surface area (Å²) < 4.78 is 4.56. The lowest BCUT2D eigenvalue weighted by Crippen LogP contribution is -2.31. The van der Waals surface area contributed by atoms with Crippen LogP contribution in [0.25, 0.3) is 6.08 Å². The molecule has 0 aliphatic carbocycles. The third-order valence-corrected chi connectivity index (χ3v) is 3.44. The molecule has 0 saturated carbocycles. The van der Waals surface area contributed by atoms with E-state index in [1.165, 1.54) is 13.2 Å². The molecular weight excluding hydrogens is 313 g/mol. The maximum Gasteiger partial charge on any atom is 0.307 e. The SMILES string of the molecule is CCN(CCC(=O)OC)C(=O)/C=C/c1ccc(Cl)cc1Cl. The summed E-state index contributed by atoms with van der Waals surface area (Å²) in [4.78, 5) is 24.7. The molecule has 0 fully saturated rings. The number of esters is 1. The molecule has 0 aliphatic rings. The zero-order valence-electron chi connectivity index (χ0n) is 11.9. The monoisotopic (exact) mass is 329 g/mol. The highest BCUT2D eigenvalue weighted by molar-refractivity contribution is 6.35. The normalized spacial score (nSPS) is 10.7. The van der Waals surface area contributed by atoms with Crippen LogP contribution >= 0.6 is 23.2 Å². The molecule has 1 rings (SSSR count). The number of ether oxygens (including phenoxy) is 1.